The molecule has 32 heavy (non-hydrogen) atoms. The topological polar surface area (TPSA) is 108 Å². The number of carboxylic acids is 1. The molecular formula is C23H24ClN3O4S. The molecular weight excluding hydrogens is 450 g/mol. The number of amides is 2. The molecule has 0 radical (unpaired) electrons. The smallest absolute Gasteiger partial charge is 0.307 e. The largest absolute Gasteiger partial charge is 0.481 e. The Hall–Kier alpha value is -2.84. The number of halogens is 1. The molecule has 3 rings (SSSR count). The lowest BCUT2D eigenvalue weighted by molar-refractivity contribution is -0.146. The van der Waals surface area contributed by atoms with E-state index in [1.807, 2.05) is 19.1 Å². The summed E-state index contributed by atoms with van der Waals surface area (Å²) < 4.78 is 0. The van der Waals surface area contributed by atoms with Gasteiger partial charge in [0.1, 0.15) is 5.82 Å². The van der Waals surface area contributed by atoms with Gasteiger partial charge >= 0.3 is 5.97 Å². The van der Waals surface area contributed by atoms with Crippen LogP contribution in [-0.2, 0) is 14.4 Å². The number of aliphatic carboxylic acids is 1. The maximum absolute atomic E-state index is 12.7. The van der Waals surface area contributed by atoms with Crippen molar-refractivity contribution in [1.82, 2.24) is 4.98 Å². The Labute approximate surface area is 195 Å². The van der Waals surface area contributed by atoms with Crippen molar-refractivity contribution in [3.8, 4) is 0 Å². The van der Waals surface area contributed by atoms with Crippen molar-refractivity contribution in [3.63, 3.8) is 0 Å². The SMILES string of the molecule is CCC(Sc1cccc(NC(=O)C2CC=CCC2C(=O)O)c1)C(=O)Nc1ccc(Cl)cn1. The molecule has 168 valence electrons. The standard InChI is InChI=1S/C23H24ClN3O4S/c1-2-19(22(29)27-20-11-10-14(24)13-25-20)32-16-7-5-6-15(12-16)26-21(28)17-8-3-4-9-18(17)23(30)31/h3-7,10-13,17-19H,2,8-9H2,1H3,(H,26,28)(H,30,31)(H,25,27,29). The third kappa shape index (κ3) is 6.34. The summed E-state index contributed by atoms with van der Waals surface area (Å²) in [7, 11) is 0. The summed E-state index contributed by atoms with van der Waals surface area (Å²) in [6.07, 6.45) is 6.45. The Morgan fingerprint density at radius 3 is 2.56 bits per heavy atom. The zero-order chi connectivity index (χ0) is 23.1. The molecule has 3 unspecified atom stereocenters. The van der Waals surface area contributed by atoms with Crippen molar-refractivity contribution < 1.29 is 19.5 Å². The van der Waals surface area contributed by atoms with E-state index in [0.29, 0.717) is 35.8 Å². The monoisotopic (exact) mass is 473 g/mol. The van der Waals surface area contributed by atoms with Crippen LogP contribution in [0, 0.1) is 11.8 Å². The fourth-order valence-electron chi connectivity index (χ4n) is 3.40. The summed E-state index contributed by atoms with van der Waals surface area (Å²) in [5.74, 6) is -2.38. The number of anilines is 2. The number of nitrogens with one attached hydrogen (secondary N) is 2. The molecule has 1 aliphatic carbocycles. The summed E-state index contributed by atoms with van der Waals surface area (Å²) in [5, 5.41) is 15.1. The number of hydrogen-bond acceptors (Lipinski definition) is 5. The first-order valence-electron chi connectivity index (χ1n) is 10.2. The van der Waals surface area contributed by atoms with Gasteiger partial charge in [-0.15, -0.1) is 11.8 Å². The van der Waals surface area contributed by atoms with E-state index in [1.54, 1.807) is 36.4 Å². The zero-order valence-corrected chi connectivity index (χ0v) is 19.0. The average molecular weight is 474 g/mol. The Balaban J connectivity index is 1.64. The molecule has 1 aromatic carbocycles. The highest BCUT2D eigenvalue weighted by atomic mass is 35.5. The molecule has 2 amide bonds. The molecule has 1 heterocycles. The molecule has 1 aromatic heterocycles. The number of pyridine rings is 1. The second-order valence-electron chi connectivity index (χ2n) is 7.38. The minimum absolute atomic E-state index is 0.181. The maximum Gasteiger partial charge on any atom is 0.307 e. The van der Waals surface area contributed by atoms with Crippen LogP contribution in [0.15, 0.2) is 59.6 Å². The van der Waals surface area contributed by atoms with E-state index in [2.05, 4.69) is 15.6 Å². The average Bonchev–Trinajstić information content (AvgIpc) is 2.79. The number of carbonyl (C=O) groups excluding carboxylic acids is 2. The van der Waals surface area contributed by atoms with Crippen molar-refractivity contribution in [2.75, 3.05) is 10.6 Å². The minimum Gasteiger partial charge on any atom is -0.481 e. The van der Waals surface area contributed by atoms with E-state index in [1.165, 1.54) is 18.0 Å². The number of carbonyl (C=O) groups is 3. The van der Waals surface area contributed by atoms with E-state index >= 15 is 0 Å². The van der Waals surface area contributed by atoms with Gasteiger partial charge in [-0.25, -0.2) is 4.98 Å². The Morgan fingerprint density at radius 2 is 1.91 bits per heavy atom. The number of hydrogen-bond donors (Lipinski definition) is 3. The Kier molecular flexibility index (Phi) is 8.30. The number of aromatic nitrogens is 1. The second-order valence-corrected chi connectivity index (χ2v) is 9.09. The molecule has 7 nitrogen and oxygen atoms in total. The molecule has 1 aliphatic rings. The predicted octanol–water partition coefficient (Wildman–Crippen LogP) is 4.85. The summed E-state index contributed by atoms with van der Waals surface area (Å²) in [6, 6.07) is 10.5. The number of benzene rings is 1. The third-order valence-electron chi connectivity index (χ3n) is 5.11. The zero-order valence-electron chi connectivity index (χ0n) is 17.5. The number of thioether (sulfide) groups is 1. The van der Waals surface area contributed by atoms with Crippen molar-refractivity contribution in [2.45, 2.75) is 36.3 Å². The summed E-state index contributed by atoms with van der Waals surface area (Å²) in [5.41, 5.74) is 0.563. The fourth-order valence-corrected chi connectivity index (χ4v) is 4.53. The summed E-state index contributed by atoms with van der Waals surface area (Å²) in [4.78, 5) is 41.7. The molecule has 3 atom stereocenters. The van der Waals surface area contributed by atoms with Gasteiger partial charge in [0.15, 0.2) is 0 Å². The van der Waals surface area contributed by atoms with Gasteiger partial charge in [0.05, 0.1) is 22.1 Å². The van der Waals surface area contributed by atoms with Crippen molar-refractivity contribution in [3.05, 3.63) is 59.8 Å². The first-order valence-corrected chi connectivity index (χ1v) is 11.5. The molecule has 0 aliphatic heterocycles. The predicted molar refractivity (Wildman–Crippen MR) is 126 cm³/mol. The van der Waals surface area contributed by atoms with Crippen LogP contribution in [0.2, 0.25) is 5.02 Å². The van der Waals surface area contributed by atoms with Crippen LogP contribution in [0.4, 0.5) is 11.5 Å². The quantitative estimate of drug-likeness (QED) is 0.373. The molecule has 9 heteroatoms. The van der Waals surface area contributed by atoms with Crippen LogP contribution in [0.3, 0.4) is 0 Å². The lowest BCUT2D eigenvalue weighted by Crippen LogP contribution is -2.34. The van der Waals surface area contributed by atoms with Crippen molar-refractivity contribution in [2.24, 2.45) is 11.8 Å². The van der Waals surface area contributed by atoms with Gasteiger partial charge in [-0.3, -0.25) is 14.4 Å². The first kappa shape index (κ1) is 23.8. The van der Waals surface area contributed by atoms with E-state index in [-0.39, 0.29) is 17.1 Å². The first-order chi connectivity index (χ1) is 15.4. The van der Waals surface area contributed by atoms with E-state index in [0.717, 1.165) is 4.90 Å². The highest BCUT2D eigenvalue weighted by molar-refractivity contribution is 8.00. The highest BCUT2D eigenvalue weighted by Crippen LogP contribution is 2.30. The maximum atomic E-state index is 12.7. The summed E-state index contributed by atoms with van der Waals surface area (Å²) >= 11 is 7.21. The third-order valence-corrected chi connectivity index (χ3v) is 6.69. The molecule has 0 spiro atoms. The highest BCUT2D eigenvalue weighted by Gasteiger charge is 2.34. The van der Waals surface area contributed by atoms with Gasteiger partial charge in [0, 0.05) is 16.8 Å². The van der Waals surface area contributed by atoms with Crippen LogP contribution < -0.4 is 10.6 Å². The number of carboxylic acid groups (broad SMARTS) is 1. The number of rotatable bonds is 8. The molecule has 0 fully saturated rings. The lowest BCUT2D eigenvalue weighted by atomic mass is 9.82. The van der Waals surface area contributed by atoms with E-state index in [4.69, 9.17) is 11.6 Å². The van der Waals surface area contributed by atoms with Crippen molar-refractivity contribution >= 4 is 52.7 Å². The van der Waals surface area contributed by atoms with Crippen LogP contribution in [0.25, 0.3) is 0 Å². The number of nitrogens with zero attached hydrogens (tertiary/aromatic N) is 1. The number of allylic oxidation sites excluding steroid dienone is 2. The molecule has 3 N–H and O–H groups in total. The fraction of sp³-hybridized carbons (Fsp3) is 0.304. The van der Waals surface area contributed by atoms with Crippen LogP contribution in [0.5, 0.6) is 0 Å². The Bertz CT molecular complexity index is 1010. The summed E-state index contributed by atoms with van der Waals surface area (Å²) in [6.45, 7) is 1.92. The molecule has 0 saturated carbocycles. The molecule has 0 bridgehead atoms. The van der Waals surface area contributed by atoms with E-state index < -0.39 is 17.8 Å². The Morgan fingerprint density at radius 1 is 1.16 bits per heavy atom. The normalized spacial score (nSPS) is 18.6. The van der Waals surface area contributed by atoms with Gasteiger partial charge in [0.2, 0.25) is 11.8 Å². The van der Waals surface area contributed by atoms with Crippen LogP contribution in [-0.4, -0.2) is 33.1 Å². The van der Waals surface area contributed by atoms with Gasteiger partial charge in [-0.2, -0.15) is 0 Å². The van der Waals surface area contributed by atoms with Crippen molar-refractivity contribution in [1.29, 1.82) is 0 Å². The van der Waals surface area contributed by atoms with Gasteiger partial charge in [0.25, 0.3) is 0 Å². The van der Waals surface area contributed by atoms with Gasteiger partial charge < -0.3 is 15.7 Å². The van der Waals surface area contributed by atoms with Crippen LogP contribution in [0.1, 0.15) is 26.2 Å². The lowest BCUT2D eigenvalue weighted by Gasteiger charge is -2.24. The van der Waals surface area contributed by atoms with Crippen LogP contribution >= 0.6 is 23.4 Å². The molecule has 2 aromatic rings. The minimum atomic E-state index is -0.967. The molecule has 0 saturated heterocycles. The second kappa shape index (κ2) is 11.2. The van der Waals surface area contributed by atoms with Gasteiger partial charge in [-0.05, 0) is 49.6 Å². The van der Waals surface area contributed by atoms with E-state index in [9.17, 15) is 19.5 Å². The van der Waals surface area contributed by atoms with Gasteiger partial charge in [-0.1, -0.05) is 36.7 Å².